The van der Waals surface area contributed by atoms with Crippen molar-refractivity contribution in [2.45, 2.75) is 20.5 Å². The highest BCUT2D eigenvalue weighted by Crippen LogP contribution is 1.90. The van der Waals surface area contributed by atoms with E-state index >= 15 is 0 Å². The second kappa shape index (κ2) is 7.56. The van der Waals surface area contributed by atoms with Crippen molar-refractivity contribution in [1.82, 2.24) is 0 Å². The number of halogens is 2. The van der Waals surface area contributed by atoms with Gasteiger partial charge in [-0.3, -0.25) is 0 Å². The van der Waals surface area contributed by atoms with Gasteiger partial charge in [-0.05, 0) is 26.0 Å². The maximum absolute atomic E-state index is 2.18. The molecule has 0 atom stereocenters. The Morgan fingerprint density at radius 3 is 1.59 bits per heavy atom. The first-order chi connectivity index (χ1) is 7.24. The molecule has 0 saturated heterocycles. The maximum Gasteiger partial charge on any atom is 0.343 e. The molecule has 0 bridgehead atoms. The average Bonchev–Trinajstić information content (AvgIpc) is 2.17. The van der Waals surface area contributed by atoms with Crippen molar-refractivity contribution in [1.29, 1.82) is 0 Å². The molecule has 0 aromatic carbocycles. The number of rotatable bonds is 2. The predicted molar refractivity (Wildman–Crippen MR) is 58.1 cm³/mol. The zero-order chi connectivity index (χ0) is 10.7. The average molecular weight is 360 g/mol. The molecule has 2 nitrogen and oxygen atoms in total. The summed E-state index contributed by atoms with van der Waals surface area (Å²) in [4.78, 5) is 0. The van der Waals surface area contributed by atoms with Gasteiger partial charge >= 0.3 is 6.67 Å². The lowest BCUT2D eigenvalue weighted by Crippen LogP contribution is -3.00. The molecule has 0 fully saturated rings. The van der Waals surface area contributed by atoms with Gasteiger partial charge < -0.3 is 34.0 Å². The molecular formula is C13H16Br2N2. The number of aryl methyl sites for hydroxylation is 2. The SMILES string of the molecule is Cc1ccc[n+](C[n+]2cccc(C)c2)c1.[Br-].[Br-]. The summed E-state index contributed by atoms with van der Waals surface area (Å²) in [7, 11) is 0. The predicted octanol–water partition coefficient (Wildman–Crippen LogP) is -4.61. The van der Waals surface area contributed by atoms with E-state index in [4.69, 9.17) is 0 Å². The van der Waals surface area contributed by atoms with Crippen LogP contribution in [0.4, 0.5) is 0 Å². The molecule has 0 spiro atoms. The lowest BCUT2D eigenvalue weighted by Gasteiger charge is -1.95. The van der Waals surface area contributed by atoms with Crippen LogP contribution in [0.1, 0.15) is 11.1 Å². The first kappa shape index (κ1) is 16.3. The summed E-state index contributed by atoms with van der Waals surface area (Å²) in [5.41, 5.74) is 2.57. The van der Waals surface area contributed by atoms with Gasteiger partial charge in [-0.25, -0.2) is 0 Å². The van der Waals surface area contributed by atoms with Crippen LogP contribution < -0.4 is 43.1 Å². The van der Waals surface area contributed by atoms with Crippen molar-refractivity contribution in [3.05, 3.63) is 60.2 Å². The largest absolute Gasteiger partial charge is 1.00 e. The van der Waals surface area contributed by atoms with Crippen LogP contribution in [-0.4, -0.2) is 0 Å². The minimum atomic E-state index is 0. The van der Waals surface area contributed by atoms with Gasteiger partial charge in [0.25, 0.3) is 0 Å². The third-order valence-corrected chi connectivity index (χ3v) is 2.34. The third kappa shape index (κ3) is 4.96. The Balaban J connectivity index is 0.00000128. The maximum atomic E-state index is 2.18. The molecule has 2 rings (SSSR count). The Hall–Kier alpha value is -0.740. The Labute approximate surface area is 123 Å². The van der Waals surface area contributed by atoms with E-state index in [1.165, 1.54) is 11.1 Å². The molecule has 2 heterocycles. The fraction of sp³-hybridized carbons (Fsp3) is 0.231. The van der Waals surface area contributed by atoms with Crippen molar-refractivity contribution in [2.24, 2.45) is 0 Å². The van der Waals surface area contributed by atoms with Gasteiger partial charge in [0.1, 0.15) is 0 Å². The quantitative estimate of drug-likeness (QED) is 0.477. The van der Waals surface area contributed by atoms with Crippen LogP contribution in [0.25, 0.3) is 0 Å². The van der Waals surface area contributed by atoms with Crippen molar-refractivity contribution < 1.29 is 43.1 Å². The van der Waals surface area contributed by atoms with Gasteiger partial charge in [0, 0.05) is 23.3 Å². The highest BCUT2D eigenvalue weighted by molar-refractivity contribution is 5.02. The summed E-state index contributed by atoms with van der Waals surface area (Å²) in [6.45, 7) is 5.08. The van der Waals surface area contributed by atoms with Crippen molar-refractivity contribution >= 4 is 0 Å². The van der Waals surface area contributed by atoms with Crippen LogP contribution >= 0.6 is 0 Å². The Morgan fingerprint density at radius 2 is 1.24 bits per heavy atom. The number of hydrogen-bond acceptors (Lipinski definition) is 0. The van der Waals surface area contributed by atoms with Gasteiger partial charge in [-0.2, -0.15) is 0 Å². The van der Waals surface area contributed by atoms with E-state index < -0.39 is 0 Å². The van der Waals surface area contributed by atoms with Crippen LogP contribution in [0.5, 0.6) is 0 Å². The summed E-state index contributed by atoms with van der Waals surface area (Å²) < 4.78 is 4.35. The van der Waals surface area contributed by atoms with Gasteiger partial charge in [-0.1, -0.05) is 0 Å². The minimum Gasteiger partial charge on any atom is -1.00 e. The molecule has 0 aliphatic rings. The second-order valence-electron chi connectivity index (χ2n) is 3.93. The van der Waals surface area contributed by atoms with Gasteiger partial charge in [0.2, 0.25) is 0 Å². The molecule has 92 valence electrons. The van der Waals surface area contributed by atoms with Crippen molar-refractivity contribution in [3.63, 3.8) is 0 Å². The highest BCUT2D eigenvalue weighted by atomic mass is 79.9. The van der Waals surface area contributed by atoms with Crippen molar-refractivity contribution in [2.75, 3.05) is 0 Å². The molecule has 0 radical (unpaired) electrons. The molecule has 2 aromatic rings. The molecule has 0 amide bonds. The summed E-state index contributed by atoms with van der Waals surface area (Å²) in [5, 5.41) is 0. The summed E-state index contributed by atoms with van der Waals surface area (Å²) in [5.74, 6) is 0. The van der Waals surface area contributed by atoms with Crippen LogP contribution in [0.15, 0.2) is 49.1 Å². The first-order valence-electron chi connectivity index (χ1n) is 5.15. The van der Waals surface area contributed by atoms with E-state index in [1.54, 1.807) is 0 Å². The fourth-order valence-electron chi connectivity index (χ4n) is 1.67. The molecule has 0 unspecified atom stereocenters. The van der Waals surface area contributed by atoms with E-state index in [-0.39, 0.29) is 34.0 Å². The van der Waals surface area contributed by atoms with Crippen LogP contribution in [0, 0.1) is 13.8 Å². The third-order valence-electron chi connectivity index (χ3n) is 2.34. The minimum absolute atomic E-state index is 0. The van der Waals surface area contributed by atoms with E-state index in [1.807, 2.05) is 0 Å². The molecule has 2 aromatic heterocycles. The Kier molecular flexibility index (Phi) is 7.23. The molecule has 0 aliphatic heterocycles. The van der Waals surface area contributed by atoms with Gasteiger partial charge in [0.15, 0.2) is 24.8 Å². The molecule has 0 aliphatic carbocycles. The second-order valence-corrected chi connectivity index (χ2v) is 3.93. The summed E-state index contributed by atoms with van der Waals surface area (Å²) >= 11 is 0. The van der Waals surface area contributed by atoms with Crippen LogP contribution in [0.3, 0.4) is 0 Å². The first-order valence-corrected chi connectivity index (χ1v) is 5.15. The molecular weight excluding hydrogens is 344 g/mol. The van der Waals surface area contributed by atoms with Gasteiger partial charge in [0.05, 0.1) is 0 Å². The van der Waals surface area contributed by atoms with Gasteiger partial charge in [-0.15, -0.1) is 9.13 Å². The molecule has 17 heavy (non-hydrogen) atoms. The van der Waals surface area contributed by atoms with E-state index in [0.717, 1.165) is 6.67 Å². The molecule has 0 saturated carbocycles. The Bertz CT molecular complexity index is 429. The standard InChI is InChI=1S/C13H16N2.2BrH/c1-12-5-3-7-14(9-12)11-15-8-4-6-13(2)10-15;;/h3-10H,11H2,1-2H3;2*1H/q+2;;/p-2. The zero-order valence-electron chi connectivity index (χ0n) is 9.98. The lowest BCUT2D eigenvalue weighted by atomic mass is 10.3. The fourth-order valence-corrected chi connectivity index (χ4v) is 1.67. The van der Waals surface area contributed by atoms with E-state index in [0.29, 0.717) is 0 Å². The molecule has 0 N–H and O–H groups in total. The lowest BCUT2D eigenvalue weighted by molar-refractivity contribution is -0.913. The monoisotopic (exact) mass is 358 g/mol. The number of pyridine rings is 2. The number of aromatic nitrogens is 2. The summed E-state index contributed by atoms with van der Waals surface area (Å²) in [6, 6.07) is 8.37. The Morgan fingerprint density at radius 1 is 0.824 bits per heavy atom. The number of nitrogens with zero attached hydrogens (tertiary/aromatic N) is 2. The van der Waals surface area contributed by atoms with E-state index in [9.17, 15) is 0 Å². The topological polar surface area (TPSA) is 7.76 Å². The molecule has 4 heteroatoms. The summed E-state index contributed by atoms with van der Waals surface area (Å²) in [6.07, 6.45) is 8.47. The van der Waals surface area contributed by atoms with Crippen LogP contribution in [-0.2, 0) is 6.67 Å². The smallest absolute Gasteiger partial charge is 0.343 e. The zero-order valence-corrected chi connectivity index (χ0v) is 13.1. The van der Waals surface area contributed by atoms with Crippen molar-refractivity contribution in [3.8, 4) is 0 Å². The number of hydrogen-bond donors (Lipinski definition) is 0. The highest BCUT2D eigenvalue weighted by Gasteiger charge is 2.06. The van der Waals surface area contributed by atoms with Crippen LogP contribution in [0.2, 0.25) is 0 Å². The van der Waals surface area contributed by atoms with E-state index in [2.05, 4.69) is 72.0 Å². The normalized spacial score (nSPS) is 9.06.